The normalized spacial score (nSPS) is 22.8. The van der Waals surface area contributed by atoms with E-state index in [2.05, 4.69) is 43.0 Å². The second-order valence-corrected chi connectivity index (χ2v) is 7.25. The summed E-state index contributed by atoms with van der Waals surface area (Å²) in [6.45, 7) is 22.2. The molecule has 136 valence electrons. The van der Waals surface area contributed by atoms with Crippen LogP contribution in [0, 0.1) is 11.8 Å². The lowest BCUT2D eigenvalue weighted by Gasteiger charge is -2.51. The molecular formula is C23H28N2O. The van der Waals surface area contributed by atoms with Gasteiger partial charge in [0.15, 0.2) is 5.78 Å². The van der Waals surface area contributed by atoms with Crippen LogP contribution < -0.4 is 4.90 Å². The van der Waals surface area contributed by atoms with Crippen molar-refractivity contribution in [1.29, 1.82) is 0 Å². The summed E-state index contributed by atoms with van der Waals surface area (Å²) in [7, 11) is 0. The van der Waals surface area contributed by atoms with Crippen molar-refractivity contribution in [2.24, 2.45) is 11.8 Å². The number of rotatable bonds is 5. The standard InChI is InChI=1S/C23H28N2O/c1-7-8-13-24-15(2)22-14-23(16(24)3)18(5)25(17(22)4)21-11-9-20(10-12-21)19(6)26/h9-12,22-23H,2-5,7-8,13-14H2,1,6H3. The first-order valence-electron chi connectivity index (χ1n) is 9.30. The minimum atomic E-state index is 0.0676. The highest BCUT2D eigenvalue weighted by molar-refractivity contribution is 5.94. The molecule has 0 amide bonds. The summed E-state index contributed by atoms with van der Waals surface area (Å²) >= 11 is 0. The summed E-state index contributed by atoms with van der Waals surface area (Å²) in [5, 5.41) is 0. The van der Waals surface area contributed by atoms with Gasteiger partial charge in [0.2, 0.25) is 0 Å². The maximum Gasteiger partial charge on any atom is 0.159 e. The largest absolute Gasteiger partial charge is 0.348 e. The van der Waals surface area contributed by atoms with Crippen molar-refractivity contribution in [3.8, 4) is 0 Å². The quantitative estimate of drug-likeness (QED) is 0.656. The van der Waals surface area contributed by atoms with Gasteiger partial charge >= 0.3 is 0 Å². The molecule has 2 heterocycles. The van der Waals surface area contributed by atoms with E-state index in [1.165, 1.54) is 0 Å². The number of piperidine rings is 2. The number of anilines is 1. The van der Waals surface area contributed by atoms with Crippen molar-refractivity contribution in [3.63, 3.8) is 0 Å². The third-order valence-electron chi connectivity index (χ3n) is 5.62. The van der Waals surface area contributed by atoms with Crippen LogP contribution in [0.4, 0.5) is 5.69 Å². The third kappa shape index (κ3) is 2.92. The highest BCUT2D eigenvalue weighted by Crippen LogP contribution is 2.50. The number of hydrogen-bond donors (Lipinski definition) is 0. The maximum absolute atomic E-state index is 11.6. The van der Waals surface area contributed by atoms with Crippen molar-refractivity contribution in [2.75, 3.05) is 11.4 Å². The number of Topliss-reactive ketones (excluding diaryl/α,β-unsaturated/α-hetero) is 1. The van der Waals surface area contributed by atoms with Gasteiger partial charge in [-0.2, -0.15) is 0 Å². The minimum absolute atomic E-state index is 0.0676. The van der Waals surface area contributed by atoms with E-state index in [0.717, 1.165) is 54.3 Å². The van der Waals surface area contributed by atoms with E-state index in [1.807, 2.05) is 24.3 Å². The molecular weight excluding hydrogens is 320 g/mol. The SMILES string of the molecule is C=C1C2CC(C(=C)N1CCCC)C(=C)N(c1ccc(C(C)=O)cc1)C2=C. The molecule has 1 aromatic rings. The molecule has 3 heteroatoms. The van der Waals surface area contributed by atoms with E-state index >= 15 is 0 Å². The van der Waals surface area contributed by atoms with E-state index < -0.39 is 0 Å². The number of carbonyl (C=O) groups is 1. The Balaban J connectivity index is 1.93. The van der Waals surface area contributed by atoms with Crippen molar-refractivity contribution >= 4 is 11.5 Å². The smallest absolute Gasteiger partial charge is 0.159 e. The molecule has 0 spiro atoms. The van der Waals surface area contributed by atoms with E-state index in [0.29, 0.717) is 5.56 Å². The fraction of sp³-hybridized carbons (Fsp3) is 0.348. The van der Waals surface area contributed by atoms with Gasteiger partial charge in [-0.25, -0.2) is 0 Å². The molecule has 0 radical (unpaired) electrons. The summed E-state index contributed by atoms with van der Waals surface area (Å²) in [6.07, 6.45) is 3.20. The molecule has 3 nitrogen and oxygen atoms in total. The second-order valence-electron chi connectivity index (χ2n) is 7.25. The fourth-order valence-corrected chi connectivity index (χ4v) is 4.00. The number of benzene rings is 1. The molecule has 3 rings (SSSR count). The molecule has 2 atom stereocenters. The summed E-state index contributed by atoms with van der Waals surface area (Å²) in [4.78, 5) is 15.9. The number of nitrogens with zero attached hydrogens (tertiary/aromatic N) is 2. The molecule has 2 saturated heterocycles. The highest BCUT2D eigenvalue weighted by Gasteiger charge is 2.43. The molecule has 2 bridgehead atoms. The van der Waals surface area contributed by atoms with Crippen molar-refractivity contribution in [1.82, 2.24) is 4.90 Å². The fourth-order valence-electron chi connectivity index (χ4n) is 4.00. The average Bonchev–Trinajstić information content (AvgIpc) is 2.61. The molecule has 0 N–H and O–H groups in total. The predicted octanol–water partition coefficient (Wildman–Crippen LogP) is 5.50. The Morgan fingerprint density at radius 2 is 1.54 bits per heavy atom. The first-order chi connectivity index (χ1) is 12.4. The highest BCUT2D eigenvalue weighted by atomic mass is 16.1. The van der Waals surface area contributed by atoms with Crippen molar-refractivity contribution < 1.29 is 4.79 Å². The molecule has 2 aliphatic heterocycles. The first kappa shape index (κ1) is 18.2. The summed E-state index contributed by atoms with van der Waals surface area (Å²) in [5.74, 6) is 0.457. The number of carbonyl (C=O) groups excluding carboxylic acids is 1. The van der Waals surface area contributed by atoms with Gasteiger partial charge in [-0.3, -0.25) is 4.79 Å². The van der Waals surface area contributed by atoms with Gasteiger partial charge in [-0.1, -0.05) is 39.7 Å². The van der Waals surface area contributed by atoms with Crippen molar-refractivity contribution in [3.05, 3.63) is 78.9 Å². The van der Waals surface area contributed by atoms with Crippen LogP contribution in [0.2, 0.25) is 0 Å². The molecule has 2 fully saturated rings. The third-order valence-corrected chi connectivity index (χ3v) is 5.62. The molecule has 1 aromatic carbocycles. The Hall–Kier alpha value is -2.55. The zero-order valence-electron chi connectivity index (χ0n) is 15.9. The van der Waals surface area contributed by atoms with E-state index in [1.54, 1.807) is 6.92 Å². The van der Waals surface area contributed by atoms with Gasteiger partial charge in [-0.05, 0) is 44.0 Å². The summed E-state index contributed by atoms with van der Waals surface area (Å²) in [5.41, 5.74) is 5.87. The molecule has 2 aliphatic rings. The van der Waals surface area contributed by atoms with Crippen molar-refractivity contribution in [2.45, 2.75) is 33.1 Å². The summed E-state index contributed by atoms with van der Waals surface area (Å²) in [6, 6.07) is 7.66. The Bertz CT molecular complexity index is 753. The molecule has 2 unspecified atom stereocenters. The van der Waals surface area contributed by atoms with Gasteiger partial charge in [0.05, 0.1) is 0 Å². The van der Waals surface area contributed by atoms with Crippen LogP contribution in [-0.2, 0) is 0 Å². The Kier molecular flexibility index (Phi) is 4.90. The van der Waals surface area contributed by atoms with Crippen LogP contribution in [-0.4, -0.2) is 17.2 Å². The number of hydrogen-bond acceptors (Lipinski definition) is 3. The van der Waals surface area contributed by atoms with Gasteiger partial charge in [0.25, 0.3) is 0 Å². The first-order valence-corrected chi connectivity index (χ1v) is 9.30. The molecule has 0 aromatic heterocycles. The lowest BCUT2D eigenvalue weighted by Crippen LogP contribution is -2.47. The van der Waals surface area contributed by atoms with Crippen LogP contribution in [0.15, 0.2) is 73.4 Å². The number of likely N-dealkylation sites (tertiary alicyclic amines) is 1. The Morgan fingerprint density at radius 1 is 1.00 bits per heavy atom. The zero-order chi connectivity index (χ0) is 19.0. The van der Waals surface area contributed by atoms with E-state index in [9.17, 15) is 4.79 Å². The van der Waals surface area contributed by atoms with Gasteiger partial charge < -0.3 is 9.80 Å². The Morgan fingerprint density at radius 3 is 2.00 bits per heavy atom. The van der Waals surface area contributed by atoms with Crippen LogP contribution in [0.25, 0.3) is 0 Å². The lowest BCUT2D eigenvalue weighted by atomic mass is 9.76. The van der Waals surface area contributed by atoms with Crippen LogP contribution in [0.3, 0.4) is 0 Å². The topological polar surface area (TPSA) is 23.6 Å². The Labute approximate surface area is 157 Å². The number of unbranched alkanes of at least 4 members (excludes halogenated alkanes) is 1. The lowest BCUT2D eigenvalue weighted by molar-refractivity contribution is 0.101. The van der Waals surface area contributed by atoms with Gasteiger partial charge in [-0.15, -0.1) is 0 Å². The minimum Gasteiger partial charge on any atom is -0.348 e. The van der Waals surface area contributed by atoms with Crippen LogP contribution in [0.5, 0.6) is 0 Å². The summed E-state index contributed by atoms with van der Waals surface area (Å²) < 4.78 is 0. The molecule has 0 aliphatic carbocycles. The monoisotopic (exact) mass is 348 g/mol. The zero-order valence-corrected chi connectivity index (χ0v) is 15.9. The number of fused-ring (bicyclic) bond motifs is 2. The predicted molar refractivity (Wildman–Crippen MR) is 109 cm³/mol. The average molecular weight is 348 g/mol. The van der Waals surface area contributed by atoms with Gasteiger partial charge in [0, 0.05) is 52.4 Å². The van der Waals surface area contributed by atoms with E-state index in [-0.39, 0.29) is 17.6 Å². The van der Waals surface area contributed by atoms with Gasteiger partial charge in [0.1, 0.15) is 0 Å². The molecule has 0 saturated carbocycles. The number of ketones is 1. The second kappa shape index (κ2) is 6.99. The molecule has 26 heavy (non-hydrogen) atoms. The van der Waals surface area contributed by atoms with Crippen LogP contribution >= 0.6 is 0 Å². The van der Waals surface area contributed by atoms with E-state index in [4.69, 9.17) is 0 Å². The maximum atomic E-state index is 11.6. The van der Waals surface area contributed by atoms with Crippen LogP contribution in [0.1, 0.15) is 43.5 Å².